The van der Waals surface area contributed by atoms with Crippen molar-refractivity contribution < 1.29 is 4.39 Å². The Kier molecular flexibility index (Phi) is 3.16. The molecule has 2 aliphatic rings. The lowest BCUT2D eigenvalue weighted by Gasteiger charge is -2.36. The van der Waals surface area contributed by atoms with Gasteiger partial charge in [0.2, 0.25) is 0 Å². The Morgan fingerprint density at radius 2 is 1.96 bits per heavy atom. The smallest absolute Gasteiger partial charge is 0.275 e. The fourth-order valence-electron chi connectivity index (χ4n) is 5.18. The van der Waals surface area contributed by atoms with Crippen LogP contribution < -0.4 is 5.56 Å². The maximum absolute atomic E-state index is 14.4. The Bertz CT molecular complexity index is 876. The van der Waals surface area contributed by atoms with Crippen LogP contribution >= 0.6 is 0 Å². The van der Waals surface area contributed by atoms with Crippen molar-refractivity contribution in [3.63, 3.8) is 0 Å². The number of para-hydroxylation sites is 1. The van der Waals surface area contributed by atoms with Crippen molar-refractivity contribution in [2.75, 3.05) is 0 Å². The van der Waals surface area contributed by atoms with E-state index < -0.39 is 0 Å². The Labute approximate surface area is 142 Å². The molecule has 1 saturated carbocycles. The molecule has 0 aliphatic heterocycles. The van der Waals surface area contributed by atoms with E-state index in [9.17, 15) is 9.18 Å². The Hall–Kier alpha value is -1.84. The molecule has 2 aromatic rings. The summed E-state index contributed by atoms with van der Waals surface area (Å²) >= 11 is 0. The van der Waals surface area contributed by atoms with Crippen molar-refractivity contribution in [1.82, 2.24) is 9.36 Å². The molecule has 0 saturated heterocycles. The molecule has 0 radical (unpaired) electrons. The first-order chi connectivity index (χ1) is 11.3. The summed E-state index contributed by atoms with van der Waals surface area (Å²) in [6, 6.07) is 6.59. The molecule has 2 bridgehead atoms. The molecule has 1 fully saturated rings. The highest BCUT2D eigenvalue weighted by molar-refractivity contribution is 5.47. The van der Waals surface area contributed by atoms with E-state index in [0.717, 1.165) is 37.1 Å². The van der Waals surface area contributed by atoms with E-state index >= 15 is 0 Å². The molecule has 2 aliphatic carbocycles. The first-order valence-electron chi connectivity index (χ1n) is 8.95. The molecule has 0 spiro atoms. The number of hydrogen-bond donors (Lipinski definition) is 0. The van der Waals surface area contributed by atoms with Gasteiger partial charge in [-0.25, -0.2) is 9.07 Å². The minimum Gasteiger partial charge on any atom is -0.281 e. The molecule has 0 N–H and O–H groups in total. The molecule has 0 amide bonds. The fourth-order valence-corrected chi connectivity index (χ4v) is 5.18. The fraction of sp³-hybridized carbons (Fsp3) is 0.550. The molecule has 4 rings (SSSR count). The molecule has 3 nitrogen and oxygen atoms in total. The lowest BCUT2D eigenvalue weighted by atomic mass is 9.70. The Morgan fingerprint density at radius 3 is 2.62 bits per heavy atom. The van der Waals surface area contributed by atoms with Crippen LogP contribution in [0.1, 0.15) is 64.1 Å². The van der Waals surface area contributed by atoms with Gasteiger partial charge in [-0.1, -0.05) is 39.8 Å². The molecule has 24 heavy (non-hydrogen) atoms. The van der Waals surface area contributed by atoms with Gasteiger partial charge in [0.25, 0.3) is 5.56 Å². The van der Waals surface area contributed by atoms with Crippen LogP contribution in [0.2, 0.25) is 0 Å². The molecular weight excluding hydrogens is 303 g/mol. The summed E-state index contributed by atoms with van der Waals surface area (Å²) in [7, 11) is 0. The average molecular weight is 328 g/mol. The molecule has 2 atom stereocenters. The van der Waals surface area contributed by atoms with Crippen molar-refractivity contribution in [1.29, 1.82) is 0 Å². The summed E-state index contributed by atoms with van der Waals surface area (Å²) in [5.41, 5.74) is 2.50. The maximum Gasteiger partial charge on any atom is 0.275 e. The van der Waals surface area contributed by atoms with Gasteiger partial charge in [0.05, 0.1) is 5.69 Å². The second-order valence-electron chi connectivity index (χ2n) is 8.10. The summed E-state index contributed by atoms with van der Waals surface area (Å²) in [5, 5.41) is 0. The van der Waals surface area contributed by atoms with E-state index in [1.54, 1.807) is 22.9 Å². The van der Waals surface area contributed by atoms with Crippen molar-refractivity contribution in [3.05, 3.63) is 51.7 Å². The van der Waals surface area contributed by atoms with Crippen molar-refractivity contribution in [2.24, 2.45) is 5.41 Å². The molecule has 4 heteroatoms. The van der Waals surface area contributed by atoms with Gasteiger partial charge in [0.1, 0.15) is 11.5 Å². The van der Waals surface area contributed by atoms with Gasteiger partial charge in [0, 0.05) is 17.5 Å². The summed E-state index contributed by atoms with van der Waals surface area (Å²) in [5.74, 6) is -0.0639. The summed E-state index contributed by atoms with van der Waals surface area (Å²) in [6.45, 7) is 9.69. The lowest BCUT2D eigenvalue weighted by Crippen LogP contribution is -2.36. The zero-order valence-corrected chi connectivity index (χ0v) is 14.9. The monoisotopic (exact) mass is 328 g/mol. The molecule has 1 heterocycles. The SMILES string of the molecule is CCCn1c2c(c(=O)n1-c1ccccc1F)[C@H]1CC[C@]2(C)C1(C)C. The second kappa shape index (κ2) is 4.84. The molecule has 1 aromatic carbocycles. The minimum atomic E-state index is -0.343. The van der Waals surface area contributed by atoms with Crippen LogP contribution in [0.3, 0.4) is 0 Å². The van der Waals surface area contributed by atoms with Gasteiger partial charge < -0.3 is 0 Å². The molecular formula is C20H25FN2O. The van der Waals surface area contributed by atoms with Crippen molar-refractivity contribution in [2.45, 2.75) is 64.8 Å². The largest absolute Gasteiger partial charge is 0.281 e. The maximum atomic E-state index is 14.4. The van der Waals surface area contributed by atoms with Crippen LogP contribution in [0, 0.1) is 11.2 Å². The number of aromatic nitrogens is 2. The number of halogens is 1. The minimum absolute atomic E-state index is 0.0160. The summed E-state index contributed by atoms with van der Waals surface area (Å²) in [6.07, 6.45) is 3.07. The summed E-state index contributed by atoms with van der Waals surface area (Å²) < 4.78 is 18.1. The number of hydrogen-bond acceptors (Lipinski definition) is 1. The van der Waals surface area contributed by atoms with Gasteiger partial charge in [-0.05, 0) is 42.7 Å². The number of nitrogens with zero attached hydrogens (tertiary/aromatic N) is 2. The first-order valence-corrected chi connectivity index (χ1v) is 8.95. The Morgan fingerprint density at radius 1 is 1.25 bits per heavy atom. The number of fused-ring (bicyclic) bond motifs is 5. The third-order valence-corrected chi connectivity index (χ3v) is 6.79. The number of rotatable bonds is 3. The standard InChI is InChI=1S/C20H25FN2O/c1-5-12-22-17-16(13-10-11-20(17,4)19(13,2)3)18(24)23(22)15-9-7-6-8-14(15)21/h6-9,13H,5,10-12H2,1-4H3/t13-,20+/m1/s1. The van der Waals surface area contributed by atoms with Gasteiger partial charge in [0.15, 0.2) is 0 Å². The lowest BCUT2D eigenvalue weighted by molar-refractivity contribution is 0.215. The normalized spacial score (nSPS) is 26.8. The van der Waals surface area contributed by atoms with E-state index in [1.165, 1.54) is 6.07 Å². The van der Waals surface area contributed by atoms with Crippen LogP contribution in [-0.4, -0.2) is 9.36 Å². The predicted octanol–water partition coefficient (Wildman–Crippen LogP) is 4.36. The predicted molar refractivity (Wildman–Crippen MR) is 93.4 cm³/mol. The van der Waals surface area contributed by atoms with E-state index in [0.29, 0.717) is 5.69 Å². The highest BCUT2D eigenvalue weighted by Crippen LogP contribution is 2.67. The van der Waals surface area contributed by atoms with Crippen molar-refractivity contribution >= 4 is 0 Å². The summed E-state index contributed by atoms with van der Waals surface area (Å²) in [4.78, 5) is 13.3. The van der Waals surface area contributed by atoms with E-state index in [-0.39, 0.29) is 28.1 Å². The van der Waals surface area contributed by atoms with Gasteiger partial charge >= 0.3 is 0 Å². The van der Waals surface area contributed by atoms with Crippen LogP contribution in [0.5, 0.6) is 0 Å². The highest BCUT2D eigenvalue weighted by Gasteiger charge is 2.62. The molecule has 128 valence electrons. The zero-order valence-electron chi connectivity index (χ0n) is 14.9. The third-order valence-electron chi connectivity index (χ3n) is 6.79. The Balaban J connectivity index is 2.06. The van der Waals surface area contributed by atoms with Gasteiger partial charge in [-0.3, -0.25) is 9.48 Å². The number of benzene rings is 1. The average Bonchev–Trinajstić information content (AvgIpc) is 3.01. The van der Waals surface area contributed by atoms with E-state index in [4.69, 9.17) is 0 Å². The molecule has 0 unspecified atom stereocenters. The highest BCUT2D eigenvalue weighted by atomic mass is 19.1. The topological polar surface area (TPSA) is 26.9 Å². The first kappa shape index (κ1) is 15.7. The van der Waals surface area contributed by atoms with Gasteiger partial charge in [-0.2, -0.15) is 0 Å². The van der Waals surface area contributed by atoms with E-state index in [2.05, 4.69) is 32.4 Å². The van der Waals surface area contributed by atoms with Crippen LogP contribution in [0.25, 0.3) is 5.69 Å². The van der Waals surface area contributed by atoms with Crippen LogP contribution in [-0.2, 0) is 12.0 Å². The second-order valence-corrected chi connectivity index (χ2v) is 8.10. The zero-order chi connectivity index (χ0) is 17.3. The van der Waals surface area contributed by atoms with Crippen LogP contribution in [0.15, 0.2) is 29.1 Å². The van der Waals surface area contributed by atoms with Crippen LogP contribution in [0.4, 0.5) is 4.39 Å². The third kappa shape index (κ3) is 1.64. The van der Waals surface area contributed by atoms with Gasteiger partial charge in [-0.15, -0.1) is 0 Å². The van der Waals surface area contributed by atoms with Crippen molar-refractivity contribution in [3.8, 4) is 5.69 Å². The van der Waals surface area contributed by atoms with E-state index in [1.807, 2.05) is 0 Å². The quantitative estimate of drug-likeness (QED) is 0.822. The molecule has 1 aromatic heterocycles.